The highest BCUT2D eigenvalue weighted by Crippen LogP contribution is 2.23. The van der Waals surface area contributed by atoms with Gasteiger partial charge in [0.15, 0.2) is 0 Å². The predicted octanol–water partition coefficient (Wildman–Crippen LogP) is 2.70. The Morgan fingerprint density at radius 2 is 2.47 bits per heavy atom. The molecular formula is C12H16O4S. The van der Waals surface area contributed by atoms with Crippen LogP contribution < -0.4 is 0 Å². The van der Waals surface area contributed by atoms with Crippen LogP contribution in [0, 0.1) is 6.92 Å². The van der Waals surface area contributed by atoms with Crippen molar-refractivity contribution >= 4 is 17.7 Å². The van der Waals surface area contributed by atoms with Gasteiger partial charge in [-0.3, -0.25) is 0 Å². The summed E-state index contributed by atoms with van der Waals surface area (Å²) in [6.07, 6.45) is 2.63. The third kappa shape index (κ3) is 3.26. The lowest BCUT2D eigenvalue weighted by molar-refractivity contribution is 0.0659. The first kappa shape index (κ1) is 12.5. The molecule has 1 fully saturated rings. The maximum absolute atomic E-state index is 10.8. The fourth-order valence-corrected chi connectivity index (χ4v) is 2.89. The van der Waals surface area contributed by atoms with Crippen molar-refractivity contribution in [3.05, 3.63) is 23.2 Å². The Labute approximate surface area is 104 Å². The molecule has 1 aliphatic rings. The van der Waals surface area contributed by atoms with Gasteiger partial charge < -0.3 is 14.3 Å². The highest BCUT2D eigenvalue weighted by molar-refractivity contribution is 7.98. The Hall–Kier alpha value is -0.940. The minimum Gasteiger partial charge on any atom is -0.475 e. The van der Waals surface area contributed by atoms with Crippen molar-refractivity contribution < 1.29 is 19.1 Å². The van der Waals surface area contributed by atoms with Gasteiger partial charge in [0.05, 0.1) is 11.9 Å². The molecule has 0 radical (unpaired) electrons. The summed E-state index contributed by atoms with van der Waals surface area (Å²) in [5.41, 5.74) is 0.685. The molecular weight excluding hydrogens is 240 g/mol. The van der Waals surface area contributed by atoms with E-state index < -0.39 is 5.97 Å². The lowest BCUT2D eigenvalue weighted by Crippen LogP contribution is -2.07. The Morgan fingerprint density at radius 3 is 3.06 bits per heavy atom. The third-order valence-corrected chi connectivity index (χ3v) is 3.83. The van der Waals surface area contributed by atoms with Gasteiger partial charge in [0.1, 0.15) is 5.76 Å². The molecule has 4 nitrogen and oxygen atoms in total. The number of thioether (sulfide) groups is 1. The Balaban J connectivity index is 1.82. The number of ether oxygens (including phenoxy) is 1. The van der Waals surface area contributed by atoms with Crippen LogP contribution in [0.5, 0.6) is 0 Å². The fourth-order valence-electron chi connectivity index (χ4n) is 1.90. The summed E-state index contributed by atoms with van der Waals surface area (Å²) < 4.78 is 10.8. The quantitative estimate of drug-likeness (QED) is 0.877. The molecule has 1 atom stereocenters. The summed E-state index contributed by atoms with van der Waals surface area (Å²) in [6.45, 7) is 2.62. The van der Waals surface area contributed by atoms with Crippen LogP contribution in [0.3, 0.4) is 0 Å². The lowest BCUT2D eigenvalue weighted by Gasteiger charge is -2.07. The van der Waals surface area contributed by atoms with E-state index in [0.717, 1.165) is 31.0 Å². The van der Waals surface area contributed by atoms with E-state index in [0.29, 0.717) is 17.4 Å². The molecule has 0 aromatic carbocycles. The standard InChI is InChI=1S/C12H16O4S/c1-8-5-10(16-11(8)12(13)14)7-17-6-9-3-2-4-15-9/h5,9H,2-4,6-7H2,1H3,(H,13,14). The number of carbonyl (C=O) groups is 1. The fraction of sp³-hybridized carbons (Fsp3) is 0.583. The summed E-state index contributed by atoms with van der Waals surface area (Å²) in [5, 5.41) is 8.86. The zero-order chi connectivity index (χ0) is 12.3. The van der Waals surface area contributed by atoms with Crippen molar-refractivity contribution in [2.24, 2.45) is 0 Å². The third-order valence-electron chi connectivity index (χ3n) is 2.74. The van der Waals surface area contributed by atoms with Gasteiger partial charge in [-0.25, -0.2) is 4.79 Å². The number of aryl methyl sites for hydroxylation is 1. The van der Waals surface area contributed by atoms with Crippen LogP contribution in [-0.4, -0.2) is 29.5 Å². The number of hydrogen-bond acceptors (Lipinski definition) is 4. The number of aromatic carboxylic acids is 1. The van der Waals surface area contributed by atoms with Gasteiger partial charge in [0, 0.05) is 17.9 Å². The molecule has 1 N–H and O–H groups in total. The van der Waals surface area contributed by atoms with Crippen LogP contribution in [0.15, 0.2) is 10.5 Å². The van der Waals surface area contributed by atoms with Crippen molar-refractivity contribution in [1.82, 2.24) is 0 Å². The smallest absolute Gasteiger partial charge is 0.372 e. The topological polar surface area (TPSA) is 59.7 Å². The van der Waals surface area contributed by atoms with E-state index in [-0.39, 0.29) is 5.76 Å². The maximum atomic E-state index is 10.8. The number of furan rings is 1. The average molecular weight is 256 g/mol. The van der Waals surface area contributed by atoms with Crippen molar-refractivity contribution in [2.45, 2.75) is 31.6 Å². The van der Waals surface area contributed by atoms with Crippen LogP contribution in [0.1, 0.15) is 34.7 Å². The van der Waals surface area contributed by atoms with E-state index in [2.05, 4.69) is 0 Å². The second kappa shape index (κ2) is 5.60. The van der Waals surface area contributed by atoms with E-state index in [9.17, 15) is 4.79 Å². The van der Waals surface area contributed by atoms with Crippen LogP contribution in [0.2, 0.25) is 0 Å². The second-order valence-corrected chi connectivity index (χ2v) is 5.21. The molecule has 1 aromatic rings. The van der Waals surface area contributed by atoms with Crippen LogP contribution in [0.25, 0.3) is 0 Å². The van der Waals surface area contributed by atoms with Crippen molar-refractivity contribution in [2.75, 3.05) is 12.4 Å². The molecule has 94 valence electrons. The lowest BCUT2D eigenvalue weighted by atomic mass is 10.3. The summed E-state index contributed by atoms with van der Waals surface area (Å²) in [6, 6.07) is 1.80. The van der Waals surface area contributed by atoms with Gasteiger partial charge in [-0.05, 0) is 25.8 Å². The monoisotopic (exact) mass is 256 g/mol. The largest absolute Gasteiger partial charge is 0.475 e. The van der Waals surface area contributed by atoms with E-state index in [1.54, 1.807) is 24.8 Å². The van der Waals surface area contributed by atoms with Gasteiger partial charge in [-0.15, -0.1) is 0 Å². The van der Waals surface area contributed by atoms with E-state index in [1.165, 1.54) is 0 Å². The molecule has 17 heavy (non-hydrogen) atoms. The Kier molecular flexibility index (Phi) is 4.12. The Morgan fingerprint density at radius 1 is 1.65 bits per heavy atom. The molecule has 0 saturated carbocycles. The Bertz CT molecular complexity index is 393. The molecule has 5 heteroatoms. The van der Waals surface area contributed by atoms with Crippen molar-refractivity contribution in [3.63, 3.8) is 0 Å². The molecule has 0 aliphatic carbocycles. The van der Waals surface area contributed by atoms with E-state index >= 15 is 0 Å². The van der Waals surface area contributed by atoms with E-state index in [1.807, 2.05) is 0 Å². The number of rotatable bonds is 5. The van der Waals surface area contributed by atoms with Crippen molar-refractivity contribution in [3.8, 4) is 0 Å². The van der Waals surface area contributed by atoms with Gasteiger partial charge in [-0.1, -0.05) is 0 Å². The second-order valence-electron chi connectivity index (χ2n) is 4.18. The molecule has 0 amide bonds. The molecule has 1 aliphatic heterocycles. The van der Waals surface area contributed by atoms with Crippen LogP contribution >= 0.6 is 11.8 Å². The highest BCUT2D eigenvalue weighted by Gasteiger charge is 2.17. The molecule has 2 rings (SSSR count). The number of carboxylic acids is 1. The molecule has 1 unspecified atom stereocenters. The first-order chi connectivity index (χ1) is 8.16. The minimum atomic E-state index is -1.00. The zero-order valence-electron chi connectivity index (χ0n) is 9.77. The van der Waals surface area contributed by atoms with Gasteiger partial charge in [0.2, 0.25) is 5.76 Å². The number of hydrogen-bond donors (Lipinski definition) is 1. The molecule has 1 aromatic heterocycles. The first-order valence-electron chi connectivity index (χ1n) is 5.69. The molecule has 0 bridgehead atoms. The minimum absolute atomic E-state index is 0.0534. The molecule has 0 spiro atoms. The summed E-state index contributed by atoms with van der Waals surface area (Å²) in [4.78, 5) is 10.8. The van der Waals surface area contributed by atoms with E-state index in [4.69, 9.17) is 14.3 Å². The highest BCUT2D eigenvalue weighted by atomic mass is 32.2. The predicted molar refractivity (Wildman–Crippen MR) is 65.5 cm³/mol. The normalized spacial score (nSPS) is 19.7. The summed E-state index contributed by atoms with van der Waals surface area (Å²) >= 11 is 1.73. The van der Waals surface area contributed by atoms with Gasteiger partial charge in [-0.2, -0.15) is 11.8 Å². The van der Waals surface area contributed by atoms with Crippen LogP contribution in [-0.2, 0) is 10.5 Å². The maximum Gasteiger partial charge on any atom is 0.372 e. The summed E-state index contributed by atoms with van der Waals surface area (Å²) in [5.74, 6) is 1.43. The van der Waals surface area contributed by atoms with Crippen LogP contribution in [0.4, 0.5) is 0 Å². The first-order valence-corrected chi connectivity index (χ1v) is 6.84. The SMILES string of the molecule is Cc1cc(CSCC2CCCO2)oc1C(=O)O. The molecule has 1 saturated heterocycles. The van der Waals surface area contributed by atoms with Gasteiger partial charge >= 0.3 is 5.97 Å². The summed E-state index contributed by atoms with van der Waals surface area (Å²) in [7, 11) is 0. The zero-order valence-corrected chi connectivity index (χ0v) is 10.6. The van der Waals surface area contributed by atoms with Crippen molar-refractivity contribution in [1.29, 1.82) is 0 Å². The van der Waals surface area contributed by atoms with Gasteiger partial charge in [0.25, 0.3) is 0 Å². The molecule has 2 heterocycles. The number of carboxylic acid groups (broad SMARTS) is 1. The average Bonchev–Trinajstić information content (AvgIpc) is 2.88.